The summed E-state index contributed by atoms with van der Waals surface area (Å²) in [5.74, 6) is -0.399. The van der Waals surface area contributed by atoms with Gasteiger partial charge in [-0.1, -0.05) is 6.08 Å². The zero-order valence-corrected chi connectivity index (χ0v) is 15.2. The number of carboxylic acid groups (broad SMARTS) is 1. The third-order valence-electron chi connectivity index (χ3n) is 4.10. The lowest BCUT2D eigenvalue weighted by Crippen LogP contribution is -2.47. The summed E-state index contributed by atoms with van der Waals surface area (Å²) in [6.45, 7) is 9.24. The van der Waals surface area contributed by atoms with Crippen molar-refractivity contribution in [2.75, 3.05) is 5.73 Å². The summed E-state index contributed by atoms with van der Waals surface area (Å²) in [5.41, 5.74) is 7.63. The Bertz CT molecular complexity index is 815. The number of benzene rings is 1. The Balaban J connectivity index is 2.56. The van der Waals surface area contributed by atoms with Crippen molar-refractivity contribution in [1.29, 1.82) is 0 Å². The van der Waals surface area contributed by atoms with Crippen LogP contribution in [0.1, 0.15) is 38.8 Å². The first-order valence-corrected chi connectivity index (χ1v) is 8.28. The zero-order valence-electron chi connectivity index (χ0n) is 15.2. The van der Waals surface area contributed by atoms with E-state index in [0.29, 0.717) is 28.8 Å². The van der Waals surface area contributed by atoms with Crippen LogP contribution in [0, 0.1) is 5.82 Å². The van der Waals surface area contributed by atoms with E-state index in [9.17, 15) is 14.3 Å². The van der Waals surface area contributed by atoms with Crippen molar-refractivity contribution >= 4 is 11.8 Å². The molecule has 0 aliphatic carbocycles. The number of nitrogens with two attached hydrogens (primary N) is 1. The number of carbonyl (C=O) groups is 1. The molecule has 3 N–H and O–H groups in total. The van der Waals surface area contributed by atoms with Crippen molar-refractivity contribution in [2.24, 2.45) is 0 Å². The Kier molecular flexibility index (Phi) is 5.65. The van der Waals surface area contributed by atoms with Crippen LogP contribution in [0.2, 0.25) is 0 Å². The van der Waals surface area contributed by atoms with Gasteiger partial charge in [0, 0.05) is 34.7 Å². The molecule has 138 valence electrons. The number of nitrogens with zero attached hydrogens (tertiary/aromatic N) is 2. The third kappa shape index (κ3) is 4.20. The monoisotopic (exact) mass is 357 g/mol. The molecule has 5 nitrogen and oxygen atoms in total. The van der Waals surface area contributed by atoms with E-state index in [2.05, 4.69) is 11.6 Å². The molecule has 0 radical (unpaired) electrons. The van der Waals surface area contributed by atoms with Crippen LogP contribution < -0.4 is 5.73 Å². The van der Waals surface area contributed by atoms with Gasteiger partial charge in [-0.05, 0) is 57.0 Å². The highest BCUT2D eigenvalue weighted by molar-refractivity contribution is 5.76. The summed E-state index contributed by atoms with van der Waals surface area (Å²) in [4.78, 5) is 17.5. The van der Waals surface area contributed by atoms with Gasteiger partial charge in [-0.25, -0.2) is 9.18 Å². The number of anilines is 1. The first-order valence-electron chi connectivity index (χ1n) is 8.28. The van der Waals surface area contributed by atoms with Crippen molar-refractivity contribution in [2.45, 2.75) is 38.8 Å². The minimum Gasteiger partial charge on any atom is -0.465 e. The van der Waals surface area contributed by atoms with Crippen LogP contribution in [0.3, 0.4) is 0 Å². The van der Waals surface area contributed by atoms with Crippen LogP contribution in [0.5, 0.6) is 0 Å². The van der Waals surface area contributed by atoms with Crippen molar-refractivity contribution < 1.29 is 14.3 Å². The second kappa shape index (κ2) is 7.56. The lowest BCUT2D eigenvalue weighted by Gasteiger charge is -2.39. The number of hydrogen-bond acceptors (Lipinski definition) is 3. The lowest BCUT2D eigenvalue weighted by molar-refractivity contribution is 0.0704. The van der Waals surface area contributed by atoms with E-state index in [1.54, 1.807) is 24.5 Å². The number of rotatable bonds is 5. The largest absolute Gasteiger partial charge is 0.465 e. The molecule has 0 saturated carbocycles. The predicted octanol–water partition coefficient (Wildman–Crippen LogP) is 4.87. The van der Waals surface area contributed by atoms with Gasteiger partial charge in [-0.2, -0.15) is 0 Å². The standard InChI is InChI=1S/C20H24FN3O2/c1-5-6-18(24(19(25)26)20(2,3)4)14-9-13(11-23-12-14)16-10-15(21)7-8-17(16)22/h5,7-12,18H,1,6,22H2,2-4H3,(H,25,26)/t18-/m0/s1. The van der Waals surface area contributed by atoms with Gasteiger partial charge >= 0.3 is 6.09 Å². The quantitative estimate of drug-likeness (QED) is 0.591. The fourth-order valence-corrected chi connectivity index (χ4v) is 3.00. The Morgan fingerprint density at radius 3 is 2.65 bits per heavy atom. The van der Waals surface area contributed by atoms with E-state index in [-0.39, 0.29) is 0 Å². The average Bonchev–Trinajstić information content (AvgIpc) is 2.55. The Hall–Kier alpha value is -2.89. The van der Waals surface area contributed by atoms with Crippen LogP contribution in [0.25, 0.3) is 11.1 Å². The number of halogens is 1. The maximum absolute atomic E-state index is 13.6. The van der Waals surface area contributed by atoms with Gasteiger partial charge in [0.25, 0.3) is 0 Å². The molecular formula is C20H24FN3O2. The highest BCUT2D eigenvalue weighted by atomic mass is 19.1. The van der Waals surface area contributed by atoms with Gasteiger partial charge < -0.3 is 10.8 Å². The normalized spacial score (nSPS) is 12.5. The predicted molar refractivity (Wildman–Crippen MR) is 101 cm³/mol. The van der Waals surface area contributed by atoms with Crippen molar-refractivity contribution in [3.8, 4) is 11.1 Å². The molecule has 0 bridgehead atoms. The Morgan fingerprint density at radius 2 is 2.08 bits per heavy atom. The second-order valence-electron chi connectivity index (χ2n) is 7.10. The fourth-order valence-electron chi connectivity index (χ4n) is 3.00. The van der Waals surface area contributed by atoms with E-state index < -0.39 is 23.5 Å². The van der Waals surface area contributed by atoms with E-state index in [0.717, 1.165) is 0 Å². The highest BCUT2D eigenvalue weighted by Gasteiger charge is 2.33. The van der Waals surface area contributed by atoms with Crippen LogP contribution in [0.15, 0.2) is 49.3 Å². The Morgan fingerprint density at radius 1 is 1.38 bits per heavy atom. The number of amides is 1. The Labute approximate surface area is 153 Å². The third-order valence-corrected chi connectivity index (χ3v) is 4.10. The van der Waals surface area contributed by atoms with Crippen molar-refractivity contribution in [3.05, 3.63) is 60.7 Å². The summed E-state index contributed by atoms with van der Waals surface area (Å²) in [6, 6.07) is 5.47. The van der Waals surface area contributed by atoms with E-state index >= 15 is 0 Å². The maximum atomic E-state index is 13.6. The summed E-state index contributed by atoms with van der Waals surface area (Å²) in [7, 11) is 0. The van der Waals surface area contributed by atoms with Gasteiger partial charge in [-0.15, -0.1) is 6.58 Å². The SMILES string of the molecule is C=CC[C@@H](c1cncc(-c2cc(F)ccc2N)c1)N(C(=O)O)C(C)(C)C. The van der Waals surface area contributed by atoms with E-state index in [1.807, 2.05) is 20.8 Å². The number of pyridine rings is 1. The molecular weight excluding hydrogens is 333 g/mol. The number of aromatic nitrogens is 1. The fraction of sp³-hybridized carbons (Fsp3) is 0.300. The van der Waals surface area contributed by atoms with Crippen LogP contribution >= 0.6 is 0 Å². The topological polar surface area (TPSA) is 79.5 Å². The molecule has 0 unspecified atom stereocenters. The highest BCUT2D eigenvalue weighted by Crippen LogP contribution is 2.34. The molecule has 0 aliphatic heterocycles. The van der Waals surface area contributed by atoms with E-state index in [1.165, 1.54) is 23.1 Å². The molecule has 1 atom stereocenters. The first kappa shape index (κ1) is 19.4. The molecule has 0 saturated heterocycles. The summed E-state index contributed by atoms with van der Waals surface area (Å²) in [5, 5.41) is 9.74. The number of nitrogen functional groups attached to an aromatic ring is 1. The van der Waals surface area contributed by atoms with E-state index in [4.69, 9.17) is 5.73 Å². The molecule has 1 heterocycles. The van der Waals surface area contributed by atoms with Crippen LogP contribution in [-0.2, 0) is 0 Å². The van der Waals surface area contributed by atoms with Crippen LogP contribution in [0.4, 0.5) is 14.9 Å². The molecule has 26 heavy (non-hydrogen) atoms. The second-order valence-corrected chi connectivity index (χ2v) is 7.10. The average molecular weight is 357 g/mol. The first-order chi connectivity index (χ1) is 12.1. The van der Waals surface area contributed by atoms with Gasteiger partial charge in [-0.3, -0.25) is 9.88 Å². The lowest BCUT2D eigenvalue weighted by atomic mass is 9.95. The minimum atomic E-state index is -1.03. The van der Waals surface area contributed by atoms with Gasteiger partial charge in [0.15, 0.2) is 0 Å². The zero-order chi connectivity index (χ0) is 19.5. The maximum Gasteiger partial charge on any atom is 0.408 e. The summed E-state index contributed by atoms with van der Waals surface area (Å²) < 4.78 is 13.6. The van der Waals surface area contributed by atoms with Gasteiger partial charge in [0.1, 0.15) is 5.82 Å². The van der Waals surface area contributed by atoms with Gasteiger partial charge in [0.2, 0.25) is 0 Å². The molecule has 0 spiro atoms. The van der Waals surface area contributed by atoms with Crippen LogP contribution in [-0.4, -0.2) is 26.6 Å². The minimum absolute atomic E-state index is 0.399. The molecule has 1 aromatic carbocycles. The smallest absolute Gasteiger partial charge is 0.408 e. The van der Waals surface area contributed by atoms with Gasteiger partial charge in [0.05, 0.1) is 6.04 Å². The van der Waals surface area contributed by atoms with Crippen molar-refractivity contribution in [1.82, 2.24) is 9.88 Å². The molecule has 0 aliphatic rings. The molecule has 2 aromatic rings. The molecule has 6 heteroatoms. The summed E-state index contributed by atoms with van der Waals surface area (Å²) in [6.07, 6.45) is 4.28. The summed E-state index contributed by atoms with van der Waals surface area (Å²) >= 11 is 0. The van der Waals surface area contributed by atoms with Crippen molar-refractivity contribution in [3.63, 3.8) is 0 Å². The molecule has 2 rings (SSSR count). The molecule has 0 fully saturated rings. The molecule has 1 aromatic heterocycles. The molecule has 1 amide bonds. The number of hydrogen-bond donors (Lipinski definition) is 2.